The second-order valence-electron chi connectivity index (χ2n) is 6.44. The van der Waals surface area contributed by atoms with Crippen LogP contribution in [-0.2, 0) is 0 Å². The fraction of sp³-hybridized carbons (Fsp3) is 0.261. The zero-order valence-electron chi connectivity index (χ0n) is 17.3. The molecule has 0 saturated carbocycles. The molecule has 5 N–H and O–H groups in total. The van der Waals surface area contributed by atoms with E-state index in [1.54, 1.807) is 29.7 Å². The molecule has 0 saturated heterocycles. The number of carbonyl (C=O) groups excluding carboxylic acids is 1. The van der Waals surface area contributed by atoms with E-state index < -0.39 is 6.17 Å². The lowest BCUT2D eigenvalue weighted by Crippen LogP contribution is -2.40. The predicted octanol–water partition coefficient (Wildman–Crippen LogP) is 4.14. The Bertz CT molecular complexity index is 839. The summed E-state index contributed by atoms with van der Waals surface area (Å²) in [5.41, 5.74) is 15.4. The Kier molecular flexibility index (Phi) is 10.7. The van der Waals surface area contributed by atoms with E-state index in [0.29, 0.717) is 23.6 Å². The number of allylic oxidation sites excluding steroid dienone is 4. The number of amides is 1. The molecule has 1 unspecified atom stereocenters. The van der Waals surface area contributed by atoms with Crippen molar-refractivity contribution in [3.63, 3.8) is 0 Å². The van der Waals surface area contributed by atoms with Gasteiger partial charge in [0.2, 0.25) is 0 Å². The smallest absolute Gasteiger partial charge is 0.252 e. The van der Waals surface area contributed by atoms with Crippen LogP contribution in [-0.4, -0.2) is 18.7 Å². The van der Waals surface area contributed by atoms with Crippen molar-refractivity contribution in [3.05, 3.63) is 88.5 Å². The van der Waals surface area contributed by atoms with Gasteiger partial charge in [0.1, 0.15) is 5.75 Å². The fourth-order valence-electron chi connectivity index (χ4n) is 2.55. The van der Waals surface area contributed by atoms with Crippen LogP contribution in [0.4, 0.5) is 0 Å². The summed E-state index contributed by atoms with van der Waals surface area (Å²) < 4.78 is 5.83. The van der Waals surface area contributed by atoms with Crippen LogP contribution in [0.25, 0.3) is 0 Å². The van der Waals surface area contributed by atoms with Gasteiger partial charge in [0, 0.05) is 17.7 Å². The minimum Gasteiger partial charge on any atom is -0.493 e. The molecule has 0 aromatic heterocycles. The van der Waals surface area contributed by atoms with Gasteiger partial charge in [-0.3, -0.25) is 4.79 Å². The Balaban J connectivity index is 2.77. The highest BCUT2D eigenvalue weighted by atomic mass is 32.1. The highest BCUT2D eigenvalue weighted by Crippen LogP contribution is 2.18. The van der Waals surface area contributed by atoms with Crippen LogP contribution in [0.2, 0.25) is 0 Å². The third kappa shape index (κ3) is 8.89. The van der Waals surface area contributed by atoms with Crippen molar-refractivity contribution in [3.8, 4) is 5.75 Å². The number of hydrogen-bond acceptors (Lipinski definition) is 5. The number of thiol groups is 1. The molecule has 0 radical (unpaired) electrons. The van der Waals surface area contributed by atoms with E-state index in [4.69, 9.17) is 16.2 Å². The van der Waals surface area contributed by atoms with E-state index in [1.165, 1.54) is 0 Å². The zero-order chi connectivity index (χ0) is 21.8. The topological polar surface area (TPSA) is 90.4 Å². The minimum atomic E-state index is -0.660. The monoisotopic (exact) mass is 413 g/mol. The number of benzene rings is 1. The molecule has 6 heteroatoms. The number of rotatable bonds is 10. The number of nitrogens with two attached hydrogens (primary N) is 2. The number of ether oxygens (including phenoxy) is 1. The molecule has 1 amide bonds. The van der Waals surface area contributed by atoms with Crippen molar-refractivity contribution in [1.82, 2.24) is 5.32 Å². The van der Waals surface area contributed by atoms with Gasteiger partial charge >= 0.3 is 0 Å². The maximum Gasteiger partial charge on any atom is 0.252 e. The normalized spacial score (nSPS) is 13.7. The van der Waals surface area contributed by atoms with E-state index >= 15 is 0 Å². The predicted molar refractivity (Wildman–Crippen MR) is 125 cm³/mol. The van der Waals surface area contributed by atoms with Crippen molar-refractivity contribution in [1.29, 1.82) is 0 Å². The molecule has 5 nitrogen and oxygen atoms in total. The minimum absolute atomic E-state index is 0.281. The molecule has 0 fully saturated rings. The number of hydrogen-bond donors (Lipinski definition) is 4. The van der Waals surface area contributed by atoms with Crippen LogP contribution >= 0.6 is 12.6 Å². The second-order valence-corrected chi connectivity index (χ2v) is 6.74. The Morgan fingerprint density at radius 1 is 1.28 bits per heavy atom. The summed E-state index contributed by atoms with van der Waals surface area (Å²) >= 11 is 4.09. The molecular formula is C23H31N3O2S. The molecule has 0 aliphatic carbocycles. The highest BCUT2D eigenvalue weighted by Gasteiger charge is 2.11. The van der Waals surface area contributed by atoms with Crippen LogP contribution < -0.4 is 21.5 Å². The molecule has 0 spiro atoms. The van der Waals surface area contributed by atoms with Crippen LogP contribution in [0.3, 0.4) is 0 Å². The first-order valence-electron chi connectivity index (χ1n) is 9.36. The largest absolute Gasteiger partial charge is 0.493 e. The summed E-state index contributed by atoms with van der Waals surface area (Å²) in [4.78, 5) is 12.6. The summed E-state index contributed by atoms with van der Waals surface area (Å²) in [5, 5.41) is 4.44. The molecular weight excluding hydrogens is 382 g/mol. The second kappa shape index (κ2) is 12.7. The van der Waals surface area contributed by atoms with Gasteiger partial charge in [-0.2, -0.15) is 12.6 Å². The lowest BCUT2D eigenvalue weighted by molar-refractivity contribution is 0.0944. The fourth-order valence-corrected chi connectivity index (χ4v) is 2.74. The van der Waals surface area contributed by atoms with E-state index in [9.17, 15) is 4.79 Å². The Morgan fingerprint density at radius 2 is 2.00 bits per heavy atom. The van der Waals surface area contributed by atoms with Gasteiger partial charge in [0.15, 0.2) is 0 Å². The van der Waals surface area contributed by atoms with Gasteiger partial charge in [-0.25, -0.2) is 0 Å². The van der Waals surface area contributed by atoms with Gasteiger partial charge in [0.25, 0.3) is 5.91 Å². The van der Waals surface area contributed by atoms with Crippen molar-refractivity contribution in [2.45, 2.75) is 33.4 Å². The van der Waals surface area contributed by atoms with Crippen molar-refractivity contribution in [2.24, 2.45) is 11.5 Å². The summed E-state index contributed by atoms with van der Waals surface area (Å²) in [6, 6.07) is 5.39. The summed E-state index contributed by atoms with van der Waals surface area (Å²) in [6.07, 6.45) is 9.24. The van der Waals surface area contributed by atoms with Crippen molar-refractivity contribution in [2.75, 3.05) is 6.61 Å². The number of aryl methyl sites for hydroxylation is 1. The first-order chi connectivity index (χ1) is 13.8. The molecule has 1 aromatic carbocycles. The first kappa shape index (κ1) is 24.3. The Morgan fingerprint density at radius 3 is 2.59 bits per heavy atom. The third-order valence-corrected chi connectivity index (χ3v) is 4.24. The molecule has 1 aromatic rings. The van der Waals surface area contributed by atoms with Crippen molar-refractivity contribution < 1.29 is 9.53 Å². The van der Waals surface area contributed by atoms with E-state index in [0.717, 1.165) is 23.1 Å². The summed E-state index contributed by atoms with van der Waals surface area (Å²) in [6.45, 7) is 9.92. The maximum atomic E-state index is 12.6. The van der Waals surface area contributed by atoms with Crippen LogP contribution in [0.5, 0.6) is 5.75 Å². The average molecular weight is 414 g/mol. The number of carbonyl (C=O) groups is 1. The van der Waals surface area contributed by atoms with Gasteiger partial charge in [-0.15, -0.1) is 0 Å². The SMILES string of the molecule is C=C(N)C(/C=C\C(N)NC(=O)c1cc(C)cc(OCCC(/C=C\S)=C/C)c1)=C/C. The van der Waals surface area contributed by atoms with Gasteiger partial charge in [-0.1, -0.05) is 30.9 Å². The molecule has 0 aliphatic heterocycles. The quantitative estimate of drug-likeness (QED) is 0.264. The first-order valence-corrected chi connectivity index (χ1v) is 9.88. The van der Waals surface area contributed by atoms with Crippen LogP contribution in [0.15, 0.2) is 77.4 Å². The van der Waals surface area contributed by atoms with Gasteiger partial charge in [-0.05, 0) is 67.2 Å². The summed E-state index contributed by atoms with van der Waals surface area (Å²) in [7, 11) is 0. The zero-order valence-corrected chi connectivity index (χ0v) is 18.2. The number of nitrogens with one attached hydrogen (secondary N) is 1. The molecule has 156 valence electrons. The third-order valence-electron chi connectivity index (χ3n) is 4.09. The Hall–Kier alpha value is -2.70. The molecule has 29 heavy (non-hydrogen) atoms. The molecule has 1 rings (SSSR count). The lowest BCUT2D eigenvalue weighted by atomic mass is 10.1. The van der Waals surface area contributed by atoms with Crippen LogP contribution in [0, 0.1) is 6.92 Å². The molecule has 0 heterocycles. The molecule has 0 aliphatic rings. The molecule has 0 bridgehead atoms. The van der Waals surface area contributed by atoms with Gasteiger partial charge < -0.3 is 21.5 Å². The average Bonchev–Trinajstić information content (AvgIpc) is 2.67. The Labute approximate surface area is 179 Å². The maximum absolute atomic E-state index is 12.6. The molecule has 1 atom stereocenters. The standard InChI is InChI=1S/C23H31N3O2S/c1-5-18(10-12-29)9-11-28-21-14-16(3)13-20(15-21)23(27)26-22(25)8-7-19(6-2)17(4)24/h5-8,10,12-15,22,29H,4,9,11,24-25H2,1-3H3,(H,26,27)/b8-7-,12-10-,18-5-,19-6+. The summed E-state index contributed by atoms with van der Waals surface area (Å²) in [5.74, 6) is 0.358. The van der Waals surface area contributed by atoms with Crippen LogP contribution in [0.1, 0.15) is 36.2 Å². The van der Waals surface area contributed by atoms with Crippen molar-refractivity contribution >= 4 is 18.5 Å². The van der Waals surface area contributed by atoms with E-state index in [2.05, 4.69) is 24.5 Å². The van der Waals surface area contributed by atoms with E-state index in [-0.39, 0.29) is 5.91 Å². The van der Waals surface area contributed by atoms with E-state index in [1.807, 2.05) is 45.1 Å². The lowest BCUT2D eigenvalue weighted by Gasteiger charge is -2.13. The van der Waals surface area contributed by atoms with Gasteiger partial charge in [0.05, 0.1) is 12.8 Å². The highest BCUT2D eigenvalue weighted by molar-refractivity contribution is 7.83.